The number of hydrogen-bond donors (Lipinski definition) is 2. The van der Waals surface area contributed by atoms with Crippen molar-refractivity contribution in [2.45, 2.75) is 17.4 Å². The summed E-state index contributed by atoms with van der Waals surface area (Å²) in [6.45, 7) is 3.38. The van der Waals surface area contributed by atoms with Crippen molar-refractivity contribution in [2.75, 3.05) is 0 Å². The molecule has 0 aliphatic rings. The van der Waals surface area contributed by atoms with E-state index in [0.717, 1.165) is 0 Å². The number of rotatable bonds is 6. The Morgan fingerprint density at radius 3 is 2.68 bits per heavy atom. The van der Waals surface area contributed by atoms with Crippen molar-refractivity contribution >= 4 is 43.5 Å². The molecule has 0 spiro atoms. The third-order valence-corrected chi connectivity index (χ3v) is 4.63. The third-order valence-electron chi connectivity index (χ3n) is 2.18. The van der Waals surface area contributed by atoms with Gasteiger partial charge in [-0.1, -0.05) is 33.6 Å². The van der Waals surface area contributed by atoms with E-state index in [-0.39, 0.29) is 16.3 Å². The lowest BCUT2D eigenvalue weighted by atomic mass is 10.2. The number of nitrogens with one attached hydrogen (secondary N) is 1. The van der Waals surface area contributed by atoms with Gasteiger partial charge in [0, 0.05) is 4.47 Å². The van der Waals surface area contributed by atoms with Crippen molar-refractivity contribution in [3.8, 4) is 0 Å². The SMILES string of the molecule is C=CCC(NS(=O)(=O)c1ccc(Br)cc1Cl)C(=O)O. The third kappa shape index (κ3) is 4.31. The fourth-order valence-electron chi connectivity index (χ4n) is 1.31. The maximum Gasteiger partial charge on any atom is 0.322 e. The molecule has 1 unspecified atom stereocenters. The van der Waals surface area contributed by atoms with Crippen LogP contribution >= 0.6 is 27.5 Å². The minimum atomic E-state index is -4.01. The zero-order chi connectivity index (χ0) is 14.6. The number of sulfonamides is 1. The molecule has 0 saturated carbocycles. The lowest BCUT2D eigenvalue weighted by Gasteiger charge is -2.14. The molecule has 0 aliphatic carbocycles. The fourth-order valence-corrected chi connectivity index (χ4v) is 3.55. The first kappa shape index (κ1) is 16.2. The van der Waals surface area contributed by atoms with Gasteiger partial charge in [-0.3, -0.25) is 4.79 Å². The van der Waals surface area contributed by atoms with Crippen LogP contribution in [0.5, 0.6) is 0 Å². The molecule has 8 heteroatoms. The molecule has 0 aromatic heterocycles. The van der Waals surface area contributed by atoms with Gasteiger partial charge < -0.3 is 5.11 Å². The molecule has 0 aliphatic heterocycles. The van der Waals surface area contributed by atoms with Gasteiger partial charge in [0.05, 0.1) is 5.02 Å². The number of aliphatic carboxylic acids is 1. The van der Waals surface area contributed by atoms with Crippen LogP contribution in [0.25, 0.3) is 0 Å². The van der Waals surface area contributed by atoms with Gasteiger partial charge in [0.15, 0.2) is 0 Å². The predicted molar refractivity (Wildman–Crippen MR) is 75.7 cm³/mol. The zero-order valence-electron chi connectivity index (χ0n) is 9.64. The van der Waals surface area contributed by atoms with Crippen LogP contribution in [-0.2, 0) is 14.8 Å². The number of carbonyl (C=O) groups is 1. The molecule has 2 N–H and O–H groups in total. The molecule has 1 aromatic rings. The van der Waals surface area contributed by atoms with Crippen LogP contribution in [0.4, 0.5) is 0 Å². The van der Waals surface area contributed by atoms with Crippen LogP contribution < -0.4 is 4.72 Å². The van der Waals surface area contributed by atoms with E-state index in [2.05, 4.69) is 27.2 Å². The van der Waals surface area contributed by atoms with E-state index in [1.807, 2.05) is 0 Å². The topological polar surface area (TPSA) is 83.5 Å². The molecule has 104 valence electrons. The van der Waals surface area contributed by atoms with Crippen LogP contribution in [0.15, 0.2) is 40.2 Å². The summed E-state index contributed by atoms with van der Waals surface area (Å²) in [6, 6.07) is 2.94. The Kier molecular flexibility index (Phi) is 5.54. The van der Waals surface area contributed by atoms with E-state index in [4.69, 9.17) is 16.7 Å². The van der Waals surface area contributed by atoms with Crippen LogP contribution in [-0.4, -0.2) is 25.5 Å². The molecule has 1 atom stereocenters. The highest BCUT2D eigenvalue weighted by atomic mass is 79.9. The number of halogens is 2. The van der Waals surface area contributed by atoms with Gasteiger partial charge in [-0.2, -0.15) is 4.72 Å². The van der Waals surface area contributed by atoms with Crippen molar-refractivity contribution in [2.24, 2.45) is 0 Å². The lowest BCUT2D eigenvalue weighted by Crippen LogP contribution is -2.40. The van der Waals surface area contributed by atoms with Gasteiger partial charge in [0.25, 0.3) is 0 Å². The molecular formula is C11H11BrClNO4S. The van der Waals surface area contributed by atoms with Gasteiger partial charge in [-0.05, 0) is 24.6 Å². The Balaban J connectivity index is 3.09. The highest BCUT2D eigenvalue weighted by molar-refractivity contribution is 9.10. The van der Waals surface area contributed by atoms with Crippen molar-refractivity contribution in [3.05, 3.63) is 40.3 Å². The molecule has 19 heavy (non-hydrogen) atoms. The highest BCUT2D eigenvalue weighted by Crippen LogP contribution is 2.25. The summed E-state index contributed by atoms with van der Waals surface area (Å²) in [6.07, 6.45) is 1.30. The Bertz CT molecular complexity index is 603. The van der Waals surface area contributed by atoms with E-state index in [9.17, 15) is 13.2 Å². The smallest absolute Gasteiger partial charge is 0.322 e. The Morgan fingerprint density at radius 2 is 2.21 bits per heavy atom. The molecule has 0 heterocycles. The summed E-state index contributed by atoms with van der Waals surface area (Å²) in [5.41, 5.74) is 0. The molecule has 0 amide bonds. The second-order valence-corrected chi connectivity index (χ2v) is 6.62. The summed E-state index contributed by atoms with van der Waals surface area (Å²) in [4.78, 5) is 10.7. The summed E-state index contributed by atoms with van der Waals surface area (Å²) in [7, 11) is -4.01. The van der Waals surface area contributed by atoms with Gasteiger partial charge in [0.1, 0.15) is 10.9 Å². The standard InChI is InChI=1S/C11H11BrClNO4S/c1-2-3-9(11(15)16)14-19(17,18)10-5-4-7(12)6-8(10)13/h2,4-6,9,14H,1,3H2,(H,15,16). The van der Waals surface area contributed by atoms with Crippen LogP contribution in [0.3, 0.4) is 0 Å². The van der Waals surface area contributed by atoms with E-state index < -0.39 is 22.0 Å². The molecule has 0 bridgehead atoms. The van der Waals surface area contributed by atoms with Crippen LogP contribution in [0.1, 0.15) is 6.42 Å². The summed E-state index contributed by atoms with van der Waals surface area (Å²) in [5.74, 6) is -1.28. The molecule has 1 rings (SSSR count). The van der Waals surface area contributed by atoms with E-state index in [1.54, 1.807) is 0 Å². The summed E-state index contributed by atoms with van der Waals surface area (Å²) >= 11 is 8.99. The summed E-state index contributed by atoms with van der Waals surface area (Å²) < 4.78 is 26.8. The van der Waals surface area contributed by atoms with Crippen molar-refractivity contribution in [1.82, 2.24) is 4.72 Å². The monoisotopic (exact) mass is 367 g/mol. The maximum absolute atomic E-state index is 12.0. The van der Waals surface area contributed by atoms with Crippen molar-refractivity contribution in [1.29, 1.82) is 0 Å². The van der Waals surface area contributed by atoms with Gasteiger partial charge >= 0.3 is 5.97 Å². The molecule has 1 aromatic carbocycles. The van der Waals surface area contributed by atoms with Gasteiger partial charge in [-0.15, -0.1) is 6.58 Å². The number of hydrogen-bond acceptors (Lipinski definition) is 3. The Morgan fingerprint density at radius 1 is 1.58 bits per heavy atom. The van der Waals surface area contributed by atoms with E-state index >= 15 is 0 Å². The normalized spacial score (nSPS) is 12.9. The quantitative estimate of drug-likeness (QED) is 0.755. The van der Waals surface area contributed by atoms with Crippen molar-refractivity contribution in [3.63, 3.8) is 0 Å². The number of benzene rings is 1. The first-order chi connectivity index (χ1) is 8.77. The first-order valence-corrected chi connectivity index (χ1v) is 7.74. The minimum Gasteiger partial charge on any atom is -0.480 e. The lowest BCUT2D eigenvalue weighted by molar-refractivity contribution is -0.138. The molecular weight excluding hydrogens is 358 g/mol. The molecule has 0 saturated heterocycles. The Labute approximate surface area is 124 Å². The zero-order valence-corrected chi connectivity index (χ0v) is 12.8. The largest absolute Gasteiger partial charge is 0.480 e. The van der Waals surface area contributed by atoms with Crippen LogP contribution in [0.2, 0.25) is 5.02 Å². The minimum absolute atomic E-state index is 0.00427. The van der Waals surface area contributed by atoms with E-state index in [1.165, 1.54) is 24.3 Å². The number of carboxylic acid groups (broad SMARTS) is 1. The molecule has 0 fully saturated rings. The molecule has 0 radical (unpaired) electrons. The van der Waals surface area contributed by atoms with Gasteiger partial charge in [0.2, 0.25) is 10.0 Å². The summed E-state index contributed by atoms with van der Waals surface area (Å²) in [5, 5.41) is 8.92. The Hall–Kier alpha value is -0.890. The van der Waals surface area contributed by atoms with E-state index in [0.29, 0.717) is 4.47 Å². The van der Waals surface area contributed by atoms with Gasteiger partial charge in [-0.25, -0.2) is 8.42 Å². The molecule has 5 nitrogen and oxygen atoms in total. The number of carboxylic acids is 1. The van der Waals surface area contributed by atoms with Crippen molar-refractivity contribution < 1.29 is 18.3 Å². The average molecular weight is 369 g/mol. The fraction of sp³-hybridized carbons (Fsp3) is 0.182. The first-order valence-electron chi connectivity index (χ1n) is 5.09. The van der Waals surface area contributed by atoms with Crippen LogP contribution in [0, 0.1) is 0 Å². The second-order valence-electron chi connectivity index (χ2n) is 3.61. The average Bonchev–Trinajstić information content (AvgIpc) is 2.27. The maximum atomic E-state index is 12.0. The second kappa shape index (κ2) is 6.51. The highest BCUT2D eigenvalue weighted by Gasteiger charge is 2.25. The predicted octanol–water partition coefficient (Wildman–Crippen LogP) is 2.41.